The van der Waals surface area contributed by atoms with Gasteiger partial charge in [0, 0.05) is 19.6 Å². The summed E-state index contributed by atoms with van der Waals surface area (Å²) >= 11 is 0. The lowest BCUT2D eigenvalue weighted by molar-refractivity contribution is -0.142. The lowest BCUT2D eigenvalue weighted by atomic mass is 10.3. The maximum Gasteiger partial charge on any atom is 0.329 e. The van der Waals surface area contributed by atoms with Crippen molar-refractivity contribution in [2.45, 2.75) is 19.3 Å². The topological polar surface area (TPSA) is 205 Å². The summed E-state index contributed by atoms with van der Waals surface area (Å²) in [5.74, 6) is -2.26. The Morgan fingerprint density at radius 1 is 0.370 bits per heavy atom. The second kappa shape index (κ2) is 37.4. The zero-order valence-electron chi connectivity index (χ0n) is 27.0. The number of carboxylic acid groups (broad SMARTS) is 2. The number of carbonyl (C=O) groups excluding carboxylic acids is 1. The van der Waals surface area contributed by atoms with Gasteiger partial charge in [-0.1, -0.05) is 0 Å². The van der Waals surface area contributed by atoms with Gasteiger partial charge in [0.15, 0.2) is 0 Å². The number of ether oxygens (including phenoxy) is 11. The van der Waals surface area contributed by atoms with Crippen molar-refractivity contribution in [3.63, 3.8) is 0 Å². The first-order chi connectivity index (χ1) is 22.5. The van der Waals surface area contributed by atoms with Crippen LogP contribution in [-0.2, 0) is 66.5 Å². The van der Waals surface area contributed by atoms with Crippen molar-refractivity contribution in [1.82, 2.24) is 5.32 Å². The molecule has 1 amide bonds. The Bertz CT molecular complexity index is 688. The summed E-state index contributed by atoms with van der Waals surface area (Å²) in [5.41, 5.74) is 0. The third-order valence-electron chi connectivity index (χ3n) is 5.30. The van der Waals surface area contributed by atoms with Crippen molar-refractivity contribution in [2.75, 3.05) is 152 Å². The Morgan fingerprint density at radius 3 is 0.935 bits per heavy atom. The van der Waals surface area contributed by atoms with Gasteiger partial charge in [-0.2, -0.15) is 0 Å². The number of carboxylic acids is 2. The van der Waals surface area contributed by atoms with E-state index in [1.165, 1.54) is 0 Å². The van der Waals surface area contributed by atoms with Crippen LogP contribution in [0.1, 0.15) is 19.3 Å². The minimum Gasteiger partial charge on any atom is -0.481 e. The van der Waals surface area contributed by atoms with Crippen molar-refractivity contribution in [3.8, 4) is 0 Å². The quantitative estimate of drug-likeness (QED) is 0.0712. The molecule has 0 aromatic rings. The molecule has 17 nitrogen and oxygen atoms in total. The van der Waals surface area contributed by atoms with Crippen molar-refractivity contribution in [2.24, 2.45) is 0 Å². The minimum absolute atomic E-state index is 0.0149. The zero-order valence-corrected chi connectivity index (χ0v) is 27.0. The number of nitrogens with one attached hydrogen (secondary N) is 1. The zero-order chi connectivity index (χ0) is 33.6. The van der Waals surface area contributed by atoms with E-state index < -0.39 is 11.9 Å². The molecule has 0 saturated heterocycles. The van der Waals surface area contributed by atoms with E-state index in [1.54, 1.807) is 0 Å². The molecule has 0 rings (SSSR count). The van der Waals surface area contributed by atoms with E-state index in [4.69, 9.17) is 62.3 Å². The molecule has 0 heterocycles. The molecule has 0 aromatic heterocycles. The van der Waals surface area contributed by atoms with Crippen LogP contribution >= 0.6 is 0 Å². The fourth-order valence-corrected chi connectivity index (χ4v) is 3.07. The van der Waals surface area contributed by atoms with Crippen LogP contribution in [0.5, 0.6) is 0 Å². The first-order valence-corrected chi connectivity index (χ1v) is 15.6. The number of rotatable bonds is 39. The SMILES string of the molecule is O=C(O)CCC(=O)NCCCOCCOCCOCCOCCOCCOCCOCCOCCOCCOCCOCC(=O)O. The number of carbonyl (C=O) groups is 3. The van der Waals surface area contributed by atoms with Gasteiger partial charge in [0.25, 0.3) is 0 Å². The normalized spacial score (nSPS) is 11.2. The highest BCUT2D eigenvalue weighted by atomic mass is 16.6. The maximum atomic E-state index is 11.4. The van der Waals surface area contributed by atoms with Crippen LogP contribution < -0.4 is 5.32 Å². The molecule has 0 atom stereocenters. The van der Waals surface area contributed by atoms with Crippen LogP contribution in [0.2, 0.25) is 0 Å². The smallest absolute Gasteiger partial charge is 0.329 e. The Kier molecular flexibility index (Phi) is 35.8. The molecule has 0 fully saturated rings. The van der Waals surface area contributed by atoms with Gasteiger partial charge in [-0.3, -0.25) is 9.59 Å². The van der Waals surface area contributed by atoms with E-state index in [1.807, 2.05) is 0 Å². The average Bonchev–Trinajstić information content (AvgIpc) is 3.03. The second-order valence-electron chi connectivity index (χ2n) is 9.17. The Labute approximate surface area is 271 Å². The van der Waals surface area contributed by atoms with Crippen molar-refractivity contribution >= 4 is 17.8 Å². The third-order valence-corrected chi connectivity index (χ3v) is 5.30. The summed E-state index contributed by atoms with van der Waals surface area (Å²) in [6.07, 6.45) is 0.462. The molecule has 272 valence electrons. The lowest BCUT2D eigenvalue weighted by Gasteiger charge is -2.09. The highest BCUT2D eigenvalue weighted by molar-refractivity contribution is 5.80. The molecule has 0 aliphatic rings. The summed E-state index contributed by atoms with van der Waals surface area (Å²) in [6, 6.07) is 0. The van der Waals surface area contributed by atoms with Gasteiger partial charge in [-0.05, 0) is 6.42 Å². The molecule has 3 N–H and O–H groups in total. The molecular weight excluding hydrogens is 618 g/mol. The van der Waals surface area contributed by atoms with Gasteiger partial charge in [0.05, 0.1) is 139 Å². The molecule has 0 aliphatic carbocycles. The Hall–Kier alpha value is -2.03. The molecule has 0 aliphatic heterocycles. The first kappa shape index (κ1) is 44.0. The summed E-state index contributed by atoms with van der Waals surface area (Å²) in [7, 11) is 0. The number of amides is 1. The van der Waals surface area contributed by atoms with Gasteiger partial charge >= 0.3 is 11.9 Å². The van der Waals surface area contributed by atoms with E-state index in [9.17, 15) is 14.4 Å². The van der Waals surface area contributed by atoms with E-state index in [-0.39, 0.29) is 32.0 Å². The highest BCUT2D eigenvalue weighted by Crippen LogP contribution is 1.90. The van der Waals surface area contributed by atoms with Gasteiger partial charge < -0.3 is 67.6 Å². The van der Waals surface area contributed by atoms with Crippen molar-refractivity contribution in [3.05, 3.63) is 0 Å². The van der Waals surface area contributed by atoms with Crippen molar-refractivity contribution in [1.29, 1.82) is 0 Å². The number of hydrogen-bond acceptors (Lipinski definition) is 14. The van der Waals surface area contributed by atoms with Gasteiger partial charge in [0.2, 0.25) is 5.91 Å². The standard InChI is InChI=1S/C29H55NO16/c31-27(2-3-28(32)33)30-4-1-5-36-6-7-37-8-9-38-10-11-39-12-13-40-14-15-41-16-17-42-18-19-43-20-21-44-22-23-45-24-25-46-26-29(34)35/h1-26H2,(H,30,31)(H,32,33)(H,34,35). The fourth-order valence-electron chi connectivity index (χ4n) is 3.07. The average molecular weight is 674 g/mol. The first-order valence-electron chi connectivity index (χ1n) is 15.6. The minimum atomic E-state index is -1.00. The Balaban J connectivity index is 3.09. The summed E-state index contributed by atoms with van der Waals surface area (Å²) in [6.45, 7) is 9.38. The van der Waals surface area contributed by atoms with Crippen LogP contribution in [0, 0.1) is 0 Å². The molecular formula is C29H55NO16. The molecule has 0 saturated carbocycles. The predicted octanol–water partition coefficient (Wildman–Crippen LogP) is -0.375. The third kappa shape index (κ3) is 40.0. The summed E-state index contributed by atoms with van der Waals surface area (Å²) in [5, 5.41) is 19.6. The second-order valence-corrected chi connectivity index (χ2v) is 9.17. The van der Waals surface area contributed by atoms with Gasteiger partial charge in [-0.15, -0.1) is 0 Å². The molecule has 0 unspecified atom stereocenters. The molecule has 17 heteroatoms. The van der Waals surface area contributed by atoms with Crippen LogP contribution in [0.4, 0.5) is 0 Å². The lowest BCUT2D eigenvalue weighted by Crippen LogP contribution is -2.25. The Morgan fingerprint density at radius 2 is 0.652 bits per heavy atom. The molecule has 0 radical (unpaired) electrons. The van der Waals surface area contributed by atoms with E-state index in [2.05, 4.69) is 5.32 Å². The summed E-state index contributed by atoms with van der Waals surface area (Å²) in [4.78, 5) is 32.0. The largest absolute Gasteiger partial charge is 0.481 e. The molecule has 0 spiro atoms. The number of hydrogen-bond donors (Lipinski definition) is 3. The van der Waals surface area contributed by atoms with Crippen LogP contribution in [0.25, 0.3) is 0 Å². The predicted molar refractivity (Wildman–Crippen MR) is 161 cm³/mol. The maximum absolute atomic E-state index is 11.4. The van der Waals surface area contributed by atoms with E-state index in [0.29, 0.717) is 145 Å². The van der Waals surface area contributed by atoms with Gasteiger partial charge in [0.1, 0.15) is 6.61 Å². The van der Waals surface area contributed by atoms with E-state index in [0.717, 1.165) is 0 Å². The van der Waals surface area contributed by atoms with Gasteiger partial charge in [-0.25, -0.2) is 4.79 Å². The number of aliphatic carboxylic acids is 2. The van der Waals surface area contributed by atoms with Crippen LogP contribution in [0.3, 0.4) is 0 Å². The highest BCUT2D eigenvalue weighted by Gasteiger charge is 2.04. The summed E-state index contributed by atoms with van der Waals surface area (Å²) < 4.78 is 58.8. The molecule has 46 heavy (non-hydrogen) atoms. The van der Waals surface area contributed by atoms with E-state index >= 15 is 0 Å². The van der Waals surface area contributed by atoms with Crippen molar-refractivity contribution < 1.29 is 76.7 Å². The fraction of sp³-hybridized carbons (Fsp3) is 0.897. The van der Waals surface area contributed by atoms with Crippen LogP contribution in [0.15, 0.2) is 0 Å². The molecule has 0 aromatic carbocycles. The monoisotopic (exact) mass is 673 g/mol. The van der Waals surface area contributed by atoms with Crippen LogP contribution in [-0.4, -0.2) is 180 Å². The molecule has 0 bridgehead atoms.